The minimum absolute atomic E-state index is 0.120. The number of carbonyl (C=O) groups excluding carboxylic acids is 6. The van der Waals surface area contributed by atoms with Crippen molar-refractivity contribution in [3.63, 3.8) is 0 Å². The van der Waals surface area contributed by atoms with Gasteiger partial charge in [-0.1, -0.05) is 25.4 Å². The molecule has 1 aromatic rings. The van der Waals surface area contributed by atoms with Crippen LogP contribution in [0.3, 0.4) is 0 Å². The average molecular weight is 521 g/mol. The van der Waals surface area contributed by atoms with Crippen LogP contribution >= 0.6 is 11.6 Å². The smallest absolute Gasteiger partial charge is 0.251 e. The quantitative estimate of drug-likeness (QED) is 0.381. The highest BCUT2D eigenvalue weighted by molar-refractivity contribution is 6.34. The summed E-state index contributed by atoms with van der Waals surface area (Å²) >= 11 is 6.24. The molecule has 1 heterocycles. The molecule has 36 heavy (non-hydrogen) atoms. The first-order chi connectivity index (χ1) is 16.9. The third-order valence-electron chi connectivity index (χ3n) is 5.65. The number of carbonyl (C=O) groups is 6. The van der Waals surface area contributed by atoms with E-state index >= 15 is 0 Å². The molecule has 0 unspecified atom stereocenters. The number of hydrogen-bond acceptors (Lipinski definition) is 6. The Kier molecular flexibility index (Phi) is 10.6. The molecule has 1 aromatic carbocycles. The maximum Gasteiger partial charge on any atom is 0.251 e. The van der Waals surface area contributed by atoms with E-state index in [1.165, 1.54) is 36.9 Å². The third-order valence-corrected chi connectivity index (χ3v) is 5.97. The van der Waals surface area contributed by atoms with Gasteiger partial charge >= 0.3 is 0 Å². The minimum atomic E-state index is -0.951. The highest BCUT2D eigenvalue weighted by atomic mass is 35.5. The van der Waals surface area contributed by atoms with Crippen molar-refractivity contribution < 1.29 is 28.8 Å². The summed E-state index contributed by atoms with van der Waals surface area (Å²) in [7, 11) is 0. The lowest BCUT2D eigenvalue weighted by Gasteiger charge is -2.28. The summed E-state index contributed by atoms with van der Waals surface area (Å²) in [6.45, 7) is 7.00. The molecule has 11 heteroatoms. The van der Waals surface area contributed by atoms with Crippen molar-refractivity contribution in [2.45, 2.75) is 71.5 Å². The molecule has 0 aliphatic carbocycles. The molecule has 2 rings (SSSR count). The summed E-state index contributed by atoms with van der Waals surface area (Å²) in [4.78, 5) is 74.3. The Bertz CT molecular complexity index is 1030. The molecule has 0 saturated carbocycles. The first kappa shape index (κ1) is 29.0. The molecule has 196 valence electrons. The minimum Gasteiger partial charge on any atom is -0.344 e. The van der Waals surface area contributed by atoms with Gasteiger partial charge in [0, 0.05) is 24.9 Å². The fourth-order valence-electron chi connectivity index (χ4n) is 3.95. The number of benzene rings is 1. The summed E-state index contributed by atoms with van der Waals surface area (Å²) in [5.74, 6) is -1.75. The number of anilines is 1. The largest absolute Gasteiger partial charge is 0.344 e. The number of halogens is 1. The lowest BCUT2D eigenvalue weighted by Crippen LogP contribution is -2.54. The van der Waals surface area contributed by atoms with Crippen molar-refractivity contribution in [2.75, 3.05) is 11.9 Å². The summed E-state index contributed by atoms with van der Waals surface area (Å²) < 4.78 is 0. The Morgan fingerprint density at radius 1 is 1.11 bits per heavy atom. The molecule has 0 bridgehead atoms. The lowest BCUT2D eigenvalue weighted by molar-refractivity contribution is -0.140. The van der Waals surface area contributed by atoms with E-state index in [1.807, 2.05) is 13.8 Å². The van der Waals surface area contributed by atoms with Gasteiger partial charge in [0.1, 0.15) is 24.2 Å². The molecule has 0 aromatic heterocycles. The fourth-order valence-corrected chi connectivity index (χ4v) is 4.17. The zero-order valence-electron chi connectivity index (χ0n) is 20.9. The number of nitrogens with one attached hydrogen (secondary N) is 3. The van der Waals surface area contributed by atoms with Gasteiger partial charge in [0.2, 0.25) is 17.7 Å². The molecular weight excluding hydrogens is 488 g/mol. The monoisotopic (exact) mass is 520 g/mol. The number of amides is 4. The number of likely N-dealkylation sites (tertiary alicyclic amines) is 1. The molecule has 4 amide bonds. The molecule has 3 atom stereocenters. The molecular formula is C25H33ClN4O6. The second-order valence-electron chi connectivity index (χ2n) is 9.38. The third kappa shape index (κ3) is 8.15. The van der Waals surface area contributed by atoms with Crippen LogP contribution in [0.25, 0.3) is 0 Å². The number of nitrogens with zero attached hydrogens (tertiary/aromatic N) is 1. The molecule has 0 spiro atoms. The fraction of sp³-hybridized carbons (Fsp3) is 0.520. The van der Waals surface area contributed by atoms with E-state index in [1.54, 1.807) is 0 Å². The van der Waals surface area contributed by atoms with Gasteiger partial charge in [-0.3, -0.25) is 24.0 Å². The van der Waals surface area contributed by atoms with E-state index in [9.17, 15) is 28.8 Å². The zero-order chi connectivity index (χ0) is 27.0. The Morgan fingerprint density at radius 2 is 1.81 bits per heavy atom. The standard InChI is InChI=1S/C25H33ClN4O6/c1-14(2)10-22(33)29-20-8-7-17(12-19(20)26)23(34)27-16(4)25(36)30-9-5-6-21(30)24(35)28-18(13-31)11-15(3)32/h7-8,12-14,16,18,21H,5-6,9-11H2,1-4H3,(H,27,34)(H,28,35)(H,29,33)/t16-,18-,21-/m0/s1. The Morgan fingerprint density at radius 3 is 2.39 bits per heavy atom. The van der Waals surface area contributed by atoms with Crippen molar-refractivity contribution in [1.29, 1.82) is 0 Å². The van der Waals surface area contributed by atoms with Gasteiger partial charge in [0.15, 0.2) is 0 Å². The Labute approximate surface area is 215 Å². The second-order valence-corrected chi connectivity index (χ2v) is 9.79. The van der Waals surface area contributed by atoms with E-state index in [4.69, 9.17) is 11.6 Å². The first-order valence-corrected chi connectivity index (χ1v) is 12.3. The van der Waals surface area contributed by atoms with Crippen molar-refractivity contribution in [3.8, 4) is 0 Å². The van der Waals surface area contributed by atoms with Crippen LogP contribution in [0.4, 0.5) is 5.69 Å². The van der Waals surface area contributed by atoms with Crippen LogP contribution in [0.15, 0.2) is 18.2 Å². The Balaban J connectivity index is 2.01. The summed E-state index contributed by atoms with van der Waals surface area (Å²) in [6, 6.07) is 1.73. The number of ketones is 1. The van der Waals surface area contributed by atoms with Gasteiger partial charge in [-0.25, -0.2) is 0 Å². The number of hydrogen-bond donors (Lipinski definition) is 3. The number of Topliss-reactive ketones (excluding diaryl/α,β-unsaturated/α-hetero) is 1. The van der Waals surface area contributed by atoms with Gasteiger partial charge in [0.05, 0.1) is 16.8 Å². The SMILES string of the molecule is CC(=O)C[C@@H](C=O)NC(=O)[C@@H]1CCCN1C(=O)[C@H](C)NC(=O)c1ccc(NC(=O)CC(C)C)c(Cl)c1. The molecule has 10 nitrogen and oxygen atoms in total. The van der Waals surface area contributed by atoms with Gasteiger partial charge in [-0.2, -0.15) is 0 Å². The van der Waals surface area contributed by atoms with E-state index in [-0.39, 0.29) is 34.6 Å². The summed E-state index contributed by atoms with van der Waals surface area (Å²) in [5, 5.41) is 8.02. The van der Waals surface area contributed by atoms with Crippen LogP contribution in [-0.4, -0.2) is 65.3 Å². The van der Waals surface area contributed by atoms with Gasteiger partial charge in [0.25, 0.3) is 5.91 Å². The van der Waals surface area contributed by atoms with Crippen LogP contribution in [0.2, 0.25) is 5.02 Å². The van der Waals surface area contributed by atoms with Crippen molar-refractivity contribution in [2.24, 2.45) is 5.92 Å². The van der Waals surface area contributed by atoms with Crippen molar-refractivity contribution in [1.82, 2.24) is 15.5 Å². The Hall–Kier alpha value is -3.27. The highest BCUT2D eigenvalue weighted by Crippen LogP contribution is 2.24. The maximum absolute atomic E-state index is 13.0. The van der Waals surface area contributed by atoms with E-state index in [0.29, 0.717) is 37.8 Å². The molecule has 0 radical (unpaired) electrons. The van der Waals surface area contributed by atoms with E-state index < -0.39 is 35.8 Å². The van der Waals surface area contributed by atoms with Crippen LogP contribution in [-0.2, 0) is 24.0 Å². The molecule has 1 aliphatic rings. The normalized spacial score (nSPS) is 16.7. The molecule has 1 aliphatic heterocycles. The van der Waals surface area contributed by atoms with Crippen LogP contribution < -0.4 is 16.0 Å². The van der Waals surface area contributed by atoms with Crippen LogP contribution in [0.5, 0.6) is 0 Å². The van der Waals surface area contributed by atoms with Crippen LogP contribution in [0.1, 0.15) is 63.7 Å². The van der Waals surface area contributed by atoms with Crippen molar-refractivity contribution in [3.05, 3.63) is 28.8 Å². The van der Waals surface area contributed by atoms with Crippen molar-refractivity contribution >= 4 is 53.0 Å². The zero-order valence-corrected chi connectivity index (χ0v) is 21.7. The van der Waals surface area contributed by atoms with E-state index in [2.05, 4.69) is 16.0 Å². The predicted octanol–water partition coefficient (Wildman–Crippen LogP) is 2.10. The summed E-state index contributed by atoms with van der Waals surface area (Å²) in [5.41, 5.74) is 0.586. The summed E-state index contributed by atoms with van der Waals surface area (Å²) in [6.07, 6.45) is 1.70. The molecule has 3 N–H and O–H groups in total. The van der Waals surface area contributed by atoms with Gasteiger partial charge in [-0.05, 0) is 50.8 Å². The van der Waals surface area contributed by atoms with Gasteiger partial charge in [-0.15, -0.1) is 0 Å². The number of aldehydes is 1. The van der Waals surface area contributed by atoms with Gasteiger partial charge < -0.3 is 25.6 Å². The average Bonchev–Trinajstić information content (AvgIpc) is 3.28. The van der Waals surface area contributed by atoms with E-state index in [0.717, 1.165) is 0 Å². The first-order valence-electron chi connectivity index (χ1n) is 11.9. The second kappa shape index (κ2) is 13.2. The topological polar surface area (TPSA) is 142 Å². The highest BCUT2D eigenvalue weighted by Gasteiger charge is 2.37. The van der Waals surface area contributed by atoms with Crippen LogP contribution in [0, 0.1) is 5.92 Å². The molecule has 1 fully saturated rings. The lowest BCUT2D eigenvalue weighted by atomic mass is 10.1. The molecule has 1 saturated heterocycles. The maximum atomic E-state index is 13.0. The number of rotatable bonds is 11. The predicted molar refractivity (Wildman–Crippen MR) is 134 cm³/mol.